The standard InChI is InChI=1S/C9H16O/c1-9-5-3-2-4-7(9)8(9)6-10/h7-8,10H,2-6H2,1H3. The SMILES string of the molecule is CC12CCCCC1C2CO. The summed E-state index contributed by atoms with van der Waals surface area (Å²) in [5, 5.41) is 9.00. The first-order valence-electron chi connectivity index (χ1n) is 4.40. The van der Waals surface area contributed by atoms with Gasteiger partial charge in [0.2, 0.25) is 0 Å². The van der Waals surface area contributed by atoms with E-state index in [4.69, 9.17) is 5.11 Å². The van der Waals surface area contributed by atoms with Crippen molar-refractivity contribution >= 4 is 0 Å². The largest absolute Gasteiger partial charge is 0.396 e. The maximum absolute atomic E-state index is 9.00. The van der Waals surface area contributed by atoms with Gasteiger partial charge in [-0.2, -0.15) is 0 Å². The number of hydrogen-bond acceptors (Lipinski definition) is 1. The lowest BCUT2D eigenvalue weighted by atomic mass is 9.90. The van der Waals surface area contributed by atoms with Crippen molar-refractivity contribution in [2.45, 2.75) is 32.6 Å². The van der Waals surface area contributed by atoms with Gasteiger partial charge in [-0.3, -0.25) is 0 Å². The first kappa shape index (κ1) is 6.66. The van der Waals surface area contributed by atoms with Crippen LogP contribution >= 0.6 is 0 Å². The Morgan fingerprint density at radius 1 is 1.50 bits per heavy atom. The molecule has 0 aromatic heterocycles. The van der Waals surface area contributed by atoms with E-state index in [0.717, 1.165) is 5.92 Å². The first-order chi connectivity index (χ1) is 4.79. The molecule has 3 atom stereocenters. The Morgan fingerprint density at radius 3 is 2.80 bits per heavy atom. The molecule has 2 aliphatic rings. The summed E-state index contributed by atoms with van der Waals surface area (Å²) in [5.41, 5.74) is 0.562. The highest BCUT2D eigenvalue weighted by atomic mass is 16.3. The highest BCUT2D eigenvalue weighted by Crippen LogP contribution is 2.65. The van der Waals surface area contributed by atoms with E-state index in [0.29, 0.717) is 17.9 Å². The second-order valence-electron chi connectivity index (χ2n) is 4.15. The van der Waals surface area contributed by atoms with Gasteiger partial charge < -0.3 is 5.11 Å². The van der Waals surface area contributed by atoms with Crippen molar-refractivity contribution in [2.75, 3.05) is 6.61 Å². The Balaban J connectivity index is 2.05. The lowest BCUT2D eigenvalue weighted by Crippen LogP contribution is -2.04. The lowest BCUT2D eigenvalue weighted by Gasteiger charge is -2.15. The van der Waals surface area contributed by atoms with E-state index in [9.17, 15) is 0 Å². The van der Waals surface area contributed by atoms with Crippen LogP contribution in [0.3, 0.4) is 0 Å². The zero-order chi connectivity index (χ0) is 7.19. The fraction of sp³-hybridized carbons (Fsp3) is 1.00. The van der Waals surface area contributed by atoms with Crippen molar-refractivity contribution in [3.05, 3.63) is 0 Å². The predicted octanol–water partition coefficient (Wildman–Crippen LogP) is 1.81. The molecule has 2 saturated carbocycles. The molecule has 0 spiro atoms. The third kappa shape index (κ3) is 0.672. The van der Waals surface area contributed by atoms with Gasteiger partial charge in [0.25, 0.3) is 0 Å². The summed E-state index contributed by atoms with van der Waals surface area (Å²) in [6.45, 7) is 2.78. The Hall–Kier alpha value is -0.0400. The van der Waals surface area contributed by atoms with Gasteiger partial charge in [0, 0.05) is 6.61 Å². The van der Waals surface area contributed by atoms with Gasteiger partial charge in [-0.25, -0.2) is 0 Å². The van der Waals surface area contributed by atoms with Crippen molar-refractivity contribution < 1.29 is 5.11 Å². The van der Waals surface area contributed by atoms with Gasteiger partial charge >= 0.3 is 0 Å². The Kier molecular flexibility index (Phi) is 1.31. The van der Waals surface area contributed by atoms with Crippen LogP contribution in [-0.2, 0) is 0 Å². The van der Waals surface area contributed by atoms with Crippen LogP contribution in [0.25, 0.3) is 0 Å². The minimum atomic E-state index is 0.432. The topological polar surface area (TPSA) is 20.2 Å². The molecule has 0 heterocycles. The normalized spacial score (nSPS) is 52.2. The summed E-state index contributed by atoms with van der Waals surface area (Å²) in [6.07, 6.45) is 5.53. The van der Waals surface area contributed by atoms with Gasteiger partial charge in [0.05, 0.1) is 0 Å². The quantitative estimate of drug-likeness (QED) is 0.589. The minimum absolute atomic E-state index is 0.432. The van der Waals surface area contributed by atoms with Gasteiger partial charge in [0.1, 0.15) is 0 Å². The van der Waals surface area contributed by atoms with Crippen molar-refractivity contribution in [1.82, 2.24) is 0 Å². The van der Waals surface area contributed by atoms with Crippen molar-refractivity contribution in [3.63, 3.8) is 0 Å². The molecule has 1 heteroatoms. The molecule has 0 bridgehead atoms. The average Bonchev–Trinajstić information content (AvgIpc) is 2.54. The fourth-order valence-electron chi connectivity index (χ4n) is 2.87. The maximum atomic E-state index is 9.00. The van der Waals surface area contributed by atoms with E-state index in [-0.39, 0.29) is 0 Å². The molecule has 0 aromatic carbocycles. The van der Waals surface area contributed by atoms with Crippen LogP contribution < -0.4 is 0 Å². The van der Waals surface area contributed by atoms with E-state index in [2.05, 4.69) is 6.92 Å². The molecule has 2 rings (SSSR count). The molecule has 1 nitrogen and oxygen atoms in total. The third-order valence-electron chi connectivity index (χ3n) is 3.75. The second-order valence-corrected chi connectivity index (χ2v) is 4.15. The molecule has 0 amide bonds. The summed E-state index contributed by atoms with van der Waals surface area (Å²) in [4.78, 5) is 0. The van der Waals surface area contributed by atoms with E-state index < -0.39 is 0 Å². The number of aliphatic hydroxyl groups excluding tert-OH is 1. The Morgan fingerprint density at radius 2 is 2.30 bits per heavy atom. The van der Waals surface area contributed by atoms with Crippen molar-refractivity contribution in [1.29, 1.82) is 0 Å². The average molecular weight is 140 g/mol. The molecule has 0 saturated heterocycles. The van der Waals surface area contributed by atoms with Crippen LogP contribution in [-0.4, -0.2) is 11.7 Å². The molecule has 1 N–H and O–H groups in total. The van der Waals surface area contributed by atoms with Crippen LogP contribution in [0.15, 0.2) is 0 Å². The maximum Gasteiger partial charge on any atom is 0.0467 e. The van der Waals surface area contributed by atoms with Crippen LogP contribution in [0.1, 0.15) is 32.6 Å². The summed E-state index contributed by atoms with van der Waals surface area (Å²) in [6, 6.07) is 0. The third-order valence-corrected chi connectivity index (χ3v) is 3.75. The molecule has 2 fully saturated rings. The number of hydrogen-bond donors (Lipinski definition) is 1. The van der Waals surface area contributed by atoms with Crippen molar-refractivity contribution in [3.8, 4) is 0 Å². The molecule has 58 valence electrons. The summed E-state index contributed by atoms with van der Waals surface area (Å²) in [5.74, 6) is 1.54. The predicted molar refractivity (Wildman–Crippen MR) is 40.6 cm³/mol. The number of aliphatic hydroxyl groups is 1. The van der Waals surface area contributed by atoms with Crippen LogP contribution in [0.5, 0.6) is 0 Å². The molecule has 0 radical (unpaired) electrons. The molecule has 3 unspecified atom stereocenters. The monoisotopic (exact) mass is 140 g/mol. The van der Waals surface area contributed by atoms with E-state index in [1.807, 2.05) is 0 Å². The molecule has 0 aromatic rings. The van der Waals surface area contributed by atoms with E-state index in [1.54, 1.807) is 0 Å². The summed E-state index contributed by atoms with van der Waals surface area (Å²) >= 11 is 0. The second kappa shape index (κ2) is 1.97. The summed E-state index contributed by atoms with van der Waals surface area (Å²) < 4.78 is 0. The van der Waals surface area contributed by atoms with Gasteiger partial charge in [-0.1, -0.05) is 19.8 Å². The van der Waals surface area contributed by atoms with Crippen LogP contribution in [0.2, 0.25) is 0 Å². The molecular formula is C9H16O. The summed E-state index contributed by atoms with van der Waals surface area (Å²) in [7, 11) is 0. The first-order valence-corrected chi connectivity index (χ1v) is 4.40. The zero-order valence-corrected chi connectivity index (χ0v) is 6.64. The molecular weight excluding hydrogens is 124 g/mol. The van der Waals surface area contributed by atoms with E-state index >= 15 is 0 Å². The highest BCUT2D eigenvalue weighted by molar-refractivity contribution is 5.08. The minimum Gasteiger partial charge on any atom is -0.396 e. The fourth-order valence-corrected chi connectivity index (χ4v) is 2.87. The Labute approximate surface area is 62.4 Å². The molecule has 2 aliphatic carbocycles. The molecule has 0 aliphatic heterocycles. The van der Waals surface area contributed by atoms with Crippen molar-refractivity contribution in [2.24, 2.45) is 17.3 Å². The van der Waals surface area contributed by atoms with Crippen LogP contribution in [0, 0.1) is 17.3 Å². The highest BCUT2D eigenvalue weighted by Gasteiger charge is 2.60. The lowest BCUT2D eigenvalue weighted by molar-refractivity contribution is 0.249. The van der Waals surface area contributed by atoms with Crippen LogP contribution in [0.4, 0.5) is 0 Å². The number of fused-ring (bicyclic) bond motifs is 1. The smallest absolute Gasteiger partial charge is 0.0467 e. The van der Waals surface area contributed by atoms with E-state index in [1.165, 1.54) is 25.7 Å². The zero-order valence-electron chi connectivity index (χ0n) is 6.64. The van der Waals surface area contributed by atoms with Gasteiger partial charge in [0.15, 0.2) is 0 Å². The Bertz CT molecular complexity index is 138. The number of rotatable bonds is 1. The molecule has 10 heavy (non-hydrogen) atoms. The van der Waals surface area contributed by atoms with Gasteiger partial charge in [-0.15, -0.1) is 0 Å². The van der Waals surface area contributed by atoms with Gasteiger partial charge in [-0.05, 0) is 30.1 Å².